The van der Waals surface area contributed by atoms with Gasteiger partial charge in [-0.1, -0.05) is 0 Å². The molecule has 0 aromatic heterocycles. The van der Waals surface area contributed by atoms with Gasteiger partial charge in [0.15, 0.2) is 0 Å². The second-order valence-corrected chi connectivity index (χ2v) is 2.66. The first kappa shape index (κ1) is 9.57. The van der Waals surface area contributed by atoms with E-state index in [-0.39, 0.29) is 5.91 Å². The van der Waals surface area contributed by atoms with Crippen LogP contribution in [0, 0.1) is 0 Å². The molecule has 5 heteroatoms. The molecule has 1 N–H and O–H groups in total. The van der Waals surface area contributed by atoms with E-state index in [1.165, 1.54) is 13.2 Å². The van der Waals surface area contributed by atoms with Gasteiger partial charge in [-0.3, -0.25) is 4.79 Å². The van der Waals surface area contributed by atoms with Crippen LogP contribution in [0.4, 0.5) is 0 Å². The van der Waals surface area contributed by atoms with Crippen LogP contribution in [0.1, 0.15) is 0 Å². The SMILES string of the molecule is COC(=O)C=CN1CCNC(=O)C1. The summed E-state index contributed by atoms with van der Waals surface area (Å²) in [6, 6.07) is 0. The van der Waals surface area contributed by atoms with Crippen LogP contribution in [0.3, 0.4) is 0 Å². The van der Waals surface area contributed by atoms with Crippen molar-refractivity contribution in [1.82, 2.24) is 10.2 Å². The highest BCUT2D eigenvalue weighted by molar-refractivity contribution is 5.82. The second kappa shape index (κ2) is 4.49. The number of carbonyl (C=O) groups is 2. The molecule has 1 amide bonds. The molecule has 1 rings (SSSR count). The van der Waals surface area contributed by atoms with Crippen LogP contribution >= 0.6 is 0 Å². The zero-order chi connectivity index (χ0) is 9.68. The molecule has 1 aliphatic heterocycles. The monoisotopic (exact) mass is 184 g/mol. The van der Waals surface area contributed by atoms with Crippen LogP contribution in [0.25, 0.3) is 0 Å². The maximum absolute atomic E-state index is 10.9. The molecule has 0 spiro atoms. The number of nitrogens with zero attached hydrogens (tertiary/aromatic N) is 1. The maximum Gasteiger partial charge on any atom is 0.331 e. The van der Waals surface area contributed by atoms with Gasteiger partial charge >= 0.3 is 5.97 Å². The molecule has 0 bridgehead atoms. The number of esters is 1. The van der Waals surface area contributed by atoms with Crippen LogP contribution < -0.4 is 5.32 Å². The Morgan fingerprint density at radius 1 is 1.69 bits per heavy atom. The van der Waals surface area contributed by atoms with Crippen molar-refractivity contribution in [3.8, 4) is 0 Å². The average Bonchev–Trinajstić information content (AvgIpc) is 2.14. The predicted octanol–water partition coefficient (Wildman–Crippen LogP) is -0.895. The van der Waals surface area contributed by atoms with Crippen LogP contribution in [-0.4, -0.2) is 43.5 Å². The van der Waals surface area contributed by atoms with E-state index < -0.39 is 5.97 Å². The van der Waals surface area contributed by atoms with E-state index in [2.05, 4.69) is 10.1 Å². The van der Waals surface area contributed by atoms with Crippen molar-refractivity contribution in [2.75, 3.05) is 26.7 Å². The third kappa shape index (κ3) is 3.14. The molecule has 1 fully saturated rings. The molecule has 0 unspecified atom stereocenters. The molecule has 1 heterocycles. The summed E-state index contributed by atoms with van der Waals surface area (Å²) in [6.07, 6.45) is 2.88. The first-order valence-electron chi connectivity index (χ1n) is 3.99. The summed E-state index contributed by atoms with van der Waals surface area (Å²) in [7, 11) is 1.32. The molecule has 0 saturated carbocycles. The molecule has 0 aliphatic carbocycles. The summed E-state index contributed by atoms with van der Waals surface area (Å²) in [4.78, 5) is 23.3. The molecule has 1 saturated heterocycles. The van der Waals surface area contributed by atoms with E-state index in [0.717, 1.165) is 6.54 Å². The topological polar surface area (TPSA) is 58.6 Å². The van der Waals surface area contributed by atoms with E-state index in [9.17, 15) is 9.59 Å². The van der Waals surface area contributed by atoms with Crippen LogP contribution in [0.2, 0.25) is 0 Å². The number of carbonyl (C=O) groups excluding carboxylic acids is 2. The van der Waals surface area contributed by atoms with E-state index >= 15 is 0 Å². The fourth-order valence-electron chi connectivity index (χ4n) is 1.02. The lowest BCUT2D eigenvalue weighted by atomic mass is 10.4. The van der Waals surface area contributed by atoms with Gasteiger partial charge in [0.25, 0.3) is 0 Å². The van der Waals surface area contributed by atoms with Crippen LogP contribution in [0.15, 0.2) is 12.3 Å². The molecule has 0 radical (unpaired) electrons. The smallest absolute Gasteiger partial charge is 0.331 e. The van der Waals surface area contributed by atoms with E-state index in [0.29, 0.717) is 13.1 Å². The van der Waals surface area contributed by atoms with Gasteiger partial charge in [-0.25, -0.2) is 4.79 Å². The third-order valence-corrected chi connectivity index (χ3v) is 1.69. The molecular formula is C8H12N2O3. The molecular weight excluding hydrogens is 172 g/mol. The zero-order valence-corrected chi connectivity index (χ0v) is 7.45. The Bertz CT molecular complexity index is 238. The minimum Gasteiger partial charge on any atom is -0.466 e. The highest BCUT2D eigenvalue weighted by Crippen LogP contribution is 1.94. The number of ether oxygens (including phenoxy) is 1. The second-order valence-electron chi connectivity index (χ2n) is 2.66. The van der Waals surface area contributed by atoms with Gasteiger partial charge in [0.1, 0.15) is 0 Å². The Morgan fingerprint density at radius 3 is 3.08 bits per heavy atom. The summed E-state index contributed by atoms with van der Waals surface area (Å²) in [5, 5.41) is 2.68. The van der Waals surface area contributed by atoms with Crippen molar-refractivity contribution in [2.45, 2.75) is 0 Å². The van der Waals surface area contributed by atoms with Crippen molar-refractivity contribution in [3.63, 3.8) is 0 Å². The number of amides is 1. The first-order valence-corrected chi connectivity index (χ1v) is 3.99. The van der Waals surface area contributed by atoms with Crippen molar-refractivity contribution in [2.24, 2.45) is 0 Å². The lowest BCUT2D eigenvalue weighted by Crippen LogP contribution is -2.45. The average molecular weight is 184 g/mol. The Morgan fingerprint density at radius 2 is 2.46 bits per heavy atom. The Balaban J connectivity index is 2.39. The number of nitrogens with one attached hydrogen (secondary N) is 1. The van der Waals surface area contributed by atoms with Crippen molar-refractivity contribution in [1.29, 1.82) is 0 Å². The fourth-order valence-corrected chi connectivity index (χ4v) is 1.02. The molecule has 13 heavy (non-hydrogen) atoms. The van der Waals surface area contributed by atoms with Crippen molar-refractivity contribution >= 4 is 11.9 Å². The highest BCUT2D eigenvalue weighted by Gasteiger charge is 2.12. The normalized spacial score (nSPS) is 17.3. The summed E-state index contributed by atoms with van der Waals surface area (Å²) >= 11 is 0. The third-order valence-electron chi connectivity index (χ3n) is 1.69. The molecule has 0 aromatic rings. The van der Waals surface area contributed by atoms with E-state index in [1.54, 1.807) is 11.1 Å². The molecule has 72 valence electrons. The van der Waals surface area contributed by atoms with Gasteiger partial charge in [0.05, 0.1) is 13.7 Å². The van der Waals surface area contributed by atoms with Gasteiger partial charge in [-0.05, 0) is 0 Å². The van der Waals surface area contributed by atoms with E-state index in [4.69, 9.17) is 0 Å². The van der Waals surface area contributed by atoms with Gasteiger partial charge in [-0.2, -0.15) is 0 Å². The summed E-state index contributed by atoms with van der Waals surface area (Å²) in [5.74, 6) is -0.438. The van der Waals surface area contributed by atoms with Crippen LogP contribution in [0.5, 0.6) is 0 Å². The summed E-state index contributed by atoms with van der Waals surface area (Å²) < 4.78 is 4.42. The van der Waals surface area contributed by atoms with Gasteiger partial charge < -0.3 is 15.0 Å². The molecule has 5 nitrogen and oxygen atoms in total. The predicted molar refractivity (Wildman–Crippen MR) is 45.7 cm³/mol. The Hall–Kier alpha value is -1.52. The first-order chi connectivity index (χ1) is 6.22. The van der Waals surface area contributed by atoms with E-state index in [1.807, 2.05) is 0 Å². The van der Waals surface area contributed by atoms with Crippen LogP contribution in [-0.2, 0) is 14.3 Å². The van der Waals surface area contributed by atoms with Gasteiger partial charge in [-0.15, -0.1) is 0 Å². The molecule has 0 aromatic carbocycles. The van der Waals surface area contributed by atoms with Crippen molar-refractivity contribution < 1.29 is 14.3 Å². The van der Waals surface area contributed by atoms with Gasteiger partial charge in [0.2, 0.25) is 5.91 Å². The lowest BCUT2D eigenvalue weighted by molar-refractivity contribution is -0.135. The summed E-state index contributed by atoms with van der Waals surface area (Å²) in [6.45, 7) is 1.64. The lowest BCUT2D eigenvalue weighted by Gasteiger charge is -2.24. The number of hydrogen-bond acceptors (Lipinski definition) is 4. The minimum absolute atomic E-state index is 0.0271. The number of rotatable bonds is 2. The number of hydrogen-bond donors (Lipinski definition) is 1. The minimum atomic E-state index is -0.411. The van der Waals surface area contributed by atoms with Gasteiger partial charge in [0, 0.05) is 25.4 Å². The number of piperazine rings is 1. The quantitative estimate of drug-likeness (QED) is 0.446. The molecule has 0 atom stereocenters. The zero-order valence-electron chi connectivity index (χ0n) is 7.45. The summed E-state index contributed by atoms with van der Waals surface area (Å²) in [5.41, 5.74) is 0. The standard InChI is InChI=1S/C8H12N2O3/c1-13-8(12)2-4-10-5-3-9-7(11)6-10/h2,4H,3,5-6H2,1H3,(H,9,11). The largest absolute Gasteiger partial charge is 0.466 e. The highest BCUT2D eigenvalue weighted by atomic mass is 16.5. The van der Waals surface area contributed by atoms with Crippen molar-refractivity contribution in [3.05, 3.63) is 12.3 Å². The Labute approximate surface area is 76.3 Å². The number of methoxy groups -OCH3 is 1. The maximum atomic E-state index is 10.9. The fraction of sp³-hybridized carbons (Fsp3) is 0.500. The molecule has 1 aliphatic rings. The Kier molecular flexibility index (Phi) is 3.31.